The lowest BCUT2D eigenvalue weighted by molar-refractivity contribution is -0.143. The van der Waals surface area contributed by atoms with Crippen LogP contribution in [-0.2, 0) is 20.9 Å². The molecule has 0 aromatic heterocycles. The number of nitrogens with zero attached hydrogens (tertiary/aromatic N) is 1. The van der Waals surface area contributed by atoms with Gasteiger partial charge in [-0.15, -0.1) is 0 Å². The van der Waals surface area contributed by atoms with Crippen molar-refractivity contribution in [3.05, 3.63) is 64.1 Å². The van der Waals surface area contributed by atoms with Crippen LogP contribution in [0.1, 0.15) is 30.0 Å². The van der Waals surface area contributed by atoms with Gasteiger partial charge in [0.2, 0.25) is 0 Å². The van der Waals surface area contributed by atoms with E-state index in [-0.39, 0.29) is 24.8 Å². The normalized spacial score (nSPS) is 14.7. The minimum absolute atomic E-state index is 0.106. The van der Waals surface area contributed by atoms with Crippen molar-refractivity contribution >= 4 is 46.3 Å². The molecule has 0 aliphatic carbocycles. The maximum atomic E-state index is 12.7. The SMILES string of the molecule is CCOC(=O)CCN1C(=O)/C(=C/c2ccc(OCc3ccc(C)cc3)c(OC)c2)SC1=S. The van der Waals surface area contributed by atoms with Crippen LogP contribution in [0.15, 0.2) is 47.4 Å². The average Bonchev–Trinajstić information content (AvgIpc) is 3.04. The van der Waals surface area contributed by atoms with Crippen molar-refractivity contribution in [1.82, 2.24) is 4.90 Å². The molecule has 1 aliphatic heterocycles. The molecule has 1 aliphatic rings. The van der Waals surface area contributed by atoms with Crippen molar-refractivity contribution in [2.75, 3.05) is 20.3 Å². The lowest BCUT2D eigenvalue weighted by atomic mass is 10.1. The van der Waals surface area contributed by atoms with Crippen molar-refractivity contribution in [1.29, 1.82) is 0 Å². The fourth-order valence-electron chi connectivity index (χ4n) is 3.02. The lowest BCUT2D eigenvalue weighted by Crippen LogP contribution is -2.30. The van der Waals surface area contributed by atoms with E-state index in [0.717, 1.165) is 11.1 Å². The fourth-order valence-corrected chi connectivity index (χ4v) is 4.33. The molecule has 1 fully saturated rings. The summed E-state index contributed by atoms with van der Waals surface area (Å²) in [5.41, 5.74) is 3.05. The Morgan fingerprint density at radius 1 is 1.16 bits per heavy atom. The van der Waals surface area contributed by atoms with E-state index in [1.54, 1.807) is 20.1 Å². The minimum Gasteiger partial charge on any atom is -0.493 e. The van der Waals surface area contributed by atoms with Crippen LogP contribution in [0.3, 0.4) is 0 Å². The Labute approximate surface area is 197 Å². The third-order valence-corrected chi connectivity index (χ3v) is 6.10. The summed E-state index contributed by atoms with van der Waals surface area (Å²) in [7, 11) is 1.58. The minimum atomic E-state index is -0.350. The first kappa shape index (κ1) is 23.8. The maximum Gasteiger partial charge on any atom is 0.307 e. The number of thiocarbonyl (C=S) groups is 1. The molecular weight excluding hydrogens is 446 g/mol. The number of esters is 1. The number of carbonyl (C=O) groups is 2. The van der Waals surface area contributed by atoms with Crippen LogP contribution in [0.2, 0.25) is 0 Å². The largest absolute Gasteiger partial charge is 0.493 e. The standard InChI is InChI=1S/C24H25NO5S2/c1-4-29-22(26)11-12-25-23(27)21(32-24(25)31)14-18-9-10-19(20(13-18)28-3)30-15-17-7-5-16(2)6-8-17/h5-10,13-14H,4,11-12,15H2,1-3H3/b21-14-. The first-order valence-electron chi connectivity index (χ1n) is 10.2. The Kier molecular flexibility index (Phi) is 8.30. The topological polar surface area (TPSA) is 65.1 Å². The van der Waals surface area contributed by atoms with E-state index < -0.39 is 0 Å². The number of methoxy groups -OCH3 is 1. The molecule has 2 aromatic carbocycles. The first-order chi connectivity index (χ1) is 15.4. The molecule has 1 heterocycles. The van der Waals surface area contributed by atoms with E-state index in [1.165, 1.54) is 22.2 Å². The maximum absolute atomic E-state index is 12.7. The third-order valence-electron chi connectivity index (χ3n) is 4.72. The molecule has 1 amide bonds. The van der Waals surface area contributed by atoms with Gasteiger partial charge in [0.25, 0.3) is 5.91 Å². The Bertz CT molecular complexity index is 1030. The molecule has 1 saturated heterocycles. The predicted molar refractivity (Wildman–Crippen MR) is 130 cm³/mol. The summed E-state index contributed by atoms with van der Waals surface area (Å²) < 4.78 is 16.7. The Morgan fingerprint density at radius 2 is 1.91 bits per heavy atom. The highest BCUT2D eigenvalue weighted by Crippen LogP contribution is 2.35. The summed E-state index contributed by atoms with van der Waals surface area (Å²) in [6.07, 6.45) is 1.87. The third kappa shape index (κ3) is 6.11. The quantitative estimate of drug-likeness (QED) is 0.297. The van der Waals surface area contributed by atoms with Gasteiger partial charge in [-0.1, -0.05) is 59.9 Å². The summed E-state index contributed by atoms with van der Waals surface area (Å²) in [6, 6.07) is 13.6. The van der Waals surface area contributed by atoms with Gasteiger partial charge in [0.15, 0.2) is 11.5 Å². The van der Waals surface area contributed by atoms with Crippen molar-refractivity contribution in [3.8, 4) is 11.5 Å². The number of aryl methyl sites for hydroxylation is 1. The average molecular weight is 472 g/mol. The van der Waals surface area contributed by atoms with E-state index in [2.05, 4.69) is 0 Å². The number of hydrogen-bond donors (Lipinski definition) is 0. The Hall–Kier alpha value is -2.84. The molecule has 0 saturated carbocycles. The number of amides is 1. The van der Waals surface area contributed by atoms with Crippen LogP contribution in [0, 0.1) is 6.92 Å². The zero-order valence-electron chi connectivity index (χ0n) is 18.3. The molecular formula is C24H25NO5S2. The molecule has 0 spiro atoms. The first-order valence-corrected chi connectivity index (χ1v) is 11.4. The van der Waals surface area contributed by atoms with Crippen LogP contribution in [0.25, 0.3) is 6.08 Å². The highest BCUT2D eigenvalue weighted by Gasteiger charge is 2.32. The second-order valence-corrected chi connectivity index (χ2v) is 8.75. The molecule has 168 valence electrons. The number of rotatable bonds is 9. The summed E-state index contributed by atoms with van der Waals surface area (Å²) in [5, 5.41) is 0. The monoisotopic (exact) mass is 471 g/mol. The van der Waals surface area contributed by atoms with Crippen LogP contribution in [0.4, 0.5) is 0 Å². The molecule has 8 heteroatoms. The van der Waals surface area contributed by atoms with E-state index >= 15 is 0 Å². The molecule has 2 aromatic rings. The molecule has 0 bridgehead atoms. The molecule has 0 atom stereocenters. The number of thioether (sulfide) groups is 1. The van der Waals surface area contributed by atoms with Crippen molar-refractivity contribution in [3.63, 3.8) is 0 Å². The van der Waals surface area contributed by atoms with E-state index in [1.807, 2.05) is 49.4 Å². The number of ether oxygens (including phenoxy) is 3. The molecule has 32 heavy (non-hydrogen) atoms. The summed E-state index contributed by atoms with van der Waals surface area (Å²) in [5.74, 6) is 0.621. The lowest BCUT2D eigenvalue weighted by Gasteiger charge is -2.13. The van der Waals surface area contributed by atoms with Gasteiger partial charge in [0, 0.05) is 6.54 Å². The van der Waals surface area contributed by atoms with Crippen LogP contribution >= 0.6 is 24.0 Å². The highest BCUT2D eigenvalue weighted by atomic mass is 32.2. The molecule has 0 N–H and O–H groups in total. The second kappa shape index (κ2) is 11.2. The Morgan fingerprint density at radius 3 is 2.59 bits per heavy atom. The van der Waals surface area contributed by atoms with Crippen LogP contribution in [-0.4, -0.2) is 41.4 Å². The van der Waals surface area contributed by atoms with Gasteiger partial charge in [-0.25, -0.2) is 0 Å². The van der Waals surface area contributed by atoms with Gasteiger partial charge >= 0.3 is 5.97 Å². The van der Waals surface area contributed by atoms with Gasteiger partial charge < -0.3 is 14.2 Å². The molecule has 6 nitrogen and oxygen atoms in total. The fraction of sp³-hybridized carbons (Fsp3) is 0.292. The van der Waals surface area contributed by atoms with E-state index in [4.69, 9.17) is 26.4 Å². The number of carbonyl (C=O) groups excluding carboxylic acids is 2. The second-order valence-electron chi connectivity index (χ2n) is 7.07. The summed E-state index contributed by atoms with van der Waals surface area (Å²) in [4.78, 5) is 26.3. The van der Waals surface area contributed by atoms with Gasteiger partial charge in [-0.2, -0.15) is 0 Å². The van der Waals surface area contributed by atoms with E-state index in [9.17, 15) is 9.59 Å². The van der Waals surface area contributed by atoms with Crippen LogP contribution in [0.5, 0.6) is 11.5 Å². The zero-order chi connectivity index (χ0) is 23.1. The van der Waals surface area contributed by atoms with Crippen molar-refractivity contribution in [2.24, 2.45) is 0 Å². The highest BCUT2D eigenvalue weighted by molar-refractivity contribution is 8.26. The van der Waals surface area contributed by atoms with Crippen LogP contribution < -0.4 is 9.47 Å². The van der Waals surface area contributed by atoms with Gasteiger partial charge in [-0.05, 0) is 43.2 Å². The predicted octanol–water partition coefficient (Wildman–Crippen LogP) is 4.74. The van der Waals surface area contributed by atoms with Gasteiger partial charge in [0.05, 0.1) is 25.0 Å². The molecule has 3 rings (SSSR count). The van der Waals surface area contributed by atoms with E-state index in [0.29, 0.717) is 33.9 Å². The Balaban J connectivity index is 1.68. The summed E-state index contributed by atoms with van der Waals surface area (Å²) in [6.45, 7) is 4.72. The van der Waals surface area contributed by atoms with Gasteiger partial charge in [0.1, 0.15) is 10.9 Å². The molecule has 0 radical (unpaired) electrons. The molecule has 0 unspecified atom stereocenters. The van der Waals surface area contributed by atoms with Crippen molar-refractivity contribution < 1.29 is 23.8 Å². The van der Waals surface area contributed by atoms with Crippen molar-refractivity contribution in [2.45, 2.75) is 26.9 Å². The summed E-state index contributed by atoms with van der Waals surface area (Å²) >= 11 is 6.53. The number of benzene rings is 2. The zero-order valence-corrected chi connectivity index (χ0v) is 19.9. The van der Waals surface area contributed by atoms with Gasteiger partial charge in [-0.3, -0.25) is 14.5 Å². The smallest absolute Gasteiger partial charge is 0.307 e. The number of hydrogen-bond acceptors (Lipinski definition) is 7.